The molecule has 0 spiro atoms. The molecule has 0 atom stereocenters. The molecule has 0 aromatic carbocycles. The number of aromatic amines is 1. The molecule has 7 nitrogen and oxygen atoms in total. The van der Waals surface area contributed by atoms with E-state index in [9.17, 15) is 9.59 Å². The van der Waals surface area contributed by atoms with Gasteiger partial charge in [-0.2, -0.15) is 5.10 Å². The van der Waals surface area contributed by atoms with E-state index >= 15 is 0 Å². The summed E-state index contributed by atoms with van der Waals surface area (Å²) in [6.07, 6.45) is 3.09. The average molecular weight is 284 g/mol. The van der Waals surface area contributed by atoms with Gasteiger partial charge in [0, 0.05) is 12.2 Å². The van der Waals surface area contributed by atoms with Crippen molar-refractivity contribution in [2.24, 2.45) is 0 Å². The number of nitrogens with one attached hydrogen (secondary N) is 1. The highest BCUT2D eigenvalue weighted by atomic mass is 16.4. The number of carboxylic acid groups (broad SMARTS) is 2. The van der Waals surface area contributed by atoms with Gasteiger partial charge in [-0.3, -0.25) is 5.10 Å². The van der Waals surface area contributed by atoms with Crippen LogP contribution in [0.4, 0.5) is 0 Å². The van der Waals surface area contributed by atoms with Crippen molar-refractivity contribution >= 4 is 24.1 Å². The molecule has 1 aromatic rings. The molecule has 0 amide bonds. The van der Waals surface area contributed by atoms with Crippen LogP contribution in [0, 0.1) is 0 Å². The number of H-pyrrole nitrogens is 1. The Bertz CT molecular complexity index is 475. The van der Waals surface area contributed by atoms with Gasteiger partial charge in [-0.1, -0.05) is 27.7 Å². The van der Waals surface area contributed by atoms with Gasteiger partial charge >= 0.3 is 11.9 Å². The van der Waals surface area contributed by atoms with E-state index in [0.29, 0.717) is 5.69 Å². The first-order chi connectivity index (χ1) is 9.49. The first kappa shape index (κ1) is 19.8. The molecule has 4 N–H and O–H groups in total. The van der Waals surface area contributed by atoms with Crippen LogP contribution in [0.3, 0.4) is 0 Å². The lowest BCUT2D eigenvalue weighted by Gasteiger charge is -1.88. The van der Waals surface area contributed by atoms with Crippen molar-refractivity contribution < 1.29 is 24.9 Å². The second kappa shape index (κ2) is 11.5. The number of aromatic nitrogens is 2. The Morgan fingerprint density at radius 3 is 2.15 bits per heavy atom. The Kier molecular flexibility index (Phi) is 11.4. The minimum atomic E-state index is -1.46. The molecular formula is C13H20N2O5. The van der Waals surface area contributed by atoms with Crippen molar-refractivity contribution in [3.8, 4) is 0 Å². The zero-order valence-electron chi connectivity index (χ0n) is 11.9. The second-order valence-corrected chi connectivity index (χ2v) is 2.75. The number of rotatable bonds is 4. The lowest BCUT2D eigenvalue weighted by molar-refractivity contribution is -0.135. The first-order valence-electron chi connectivity index (χ1n) is 6.09. The second-order valence-electron chi connectivity index (χ2n) is 2.75. The number of hydrogen-bond acceptors (Lipinski definition) is 4. The molecule has 1 rings (SSSR count). The highest BCUT2D eigenvalue weighted by Gasteiger charge is 2.04. The summed E-state index contributed by atoms with van der Waals surface area (Å²) in [7, 11) is 0. The van der Waals surface area contributed by atoms with E-state index < -0.39 is 17.7 Å². The van der Waals surface area contributed by atoms with Gasteiger partial charge in [0.1, 0.15) is 0 Å². The number of aliphatic hydroxyl groups excluding tert-OH is 1. The quantitative estimate of drug-likeness (QED) is 0.497. The molecule has 20 heavy (non-hydrogen) atoms. The smallest absolute Gasteiger partial charge is 0.371 e. The van der Waals surface area contributed by atoms with Crippen molar-refractivity contribution in [2.45, 2.75) is 27.7 Å². The zero-order chi connectivity index (χ0) is 16.1. The largest absolute Gasteiger partial charge is 0.502 e. The summed E-state index contributed by atoms with van der Waals surface area (Å²) in [5, 5.41) is 31.7. The highest BCUT2D eigenvalue weighted by Crippen LogP contribution is 2.06. The van der Waals surface area contributed by atoms with Crippen LogP contribution < -0.4 is 0 Å². The number of aliphatic carboxylic acids is 2. The van der Waals surface area contributed by atoms with Gasteiger partial charge in [-0.05, 0) is 12.1 Å². The maximum Gasteiger partial charge on any atom is 0.371 e. The van der Waals surface area contributed by atoms with Gasteiger partial charge in [0.15, 0.2) is 0 Å². The fraction of sp³-hybridized carbons (Fsp3) is 0.308. The molecular weight excluding hydrogens is 264 g/mol. The maximum atomic E-state index is 10.3. The van der Waals surface area contributed by atoms with Crippen molar-refractivity contribution in [3.05, 3.63) is 29.3 Å². The number of nitrogens with zero attached hydrogens (tertiary/aromatic N) is 1. The van der Waals surface area contributed by atoms with Crippen LogP contribution in [0.1, 0.15) is 39.1 Å². The molecule has 1 heterocycles. The predicted molar refractivity (Wildman–Crippen MR) is 76.2 cm³/mol. The molecule has 0 radical (unpaired) electrons. The van der Waals surface area contributed by atoms with Crippen LogP contribution in [0.15, 0.2) is 17.9 Å². The molecule has 7 heteroatoms. The van der Waals surface area contributed by atoms with E-state index in [1.54, 1.807) is 0 Å². The average Bonchev–Trinajstić information content (AvgIpc) is 2.88. The third kappa shape index (κ3) is 8.51. The Morgan fingerprint density at radius 2 is 1.70 bits per heavy atom. The van der Waals surface area contributed by atoms with E-state index in [1.165, 1.54) is 12.1 Å². The van der Waals surface area contributed by atoms with Crippen LogP contribution in [0.25, 0.3) is 12.2 Å². The SMILES string of the molecule is CC.CC.O=C(O)/C=C/c1cc(/C=C(\O)C(=O)O)[nH]n1. The minimum Gasteiger partial charge on any atom is -0.502 e. The first-order valence-corrected chi connectivity index (χ1v) is 6.09. The van der Waals surface area contributed by atoms with Gasteiger partial charge in [0.25, 0.3) is 0 Å². The summed E-state index contributed by atoms with van der Waals surface area (Å²) >= 11 is 0. The summed E-state index contributed by atoms with van der Waals surface area (Å²) in [4.78, 5) is 20.5. The summed E-state index contributed by atoms with van der Waals surface area (Å²) < 4.78 is 0. The van der Waals surface area contributed by atoms with Crippen LogP contribution in [-0.4, -0.2) is 37.5 Å². The number of hydrogen-bond donors (Lipinski definition) is 4. The fourth-order valence-electron chi connectivity index (χ4n) is 0.878. The van der Waals surface area contributed by atoms with Crippen LogP contribution in [0.5, 0.6) is 0 Å². The number of aliphatic hydroxyl groups is 1. The Hall–Kier alpha value is -2.57. The van der Waals surface area contributed by atoms with E-state index in [-0.39, 0.29) is 5.69 Å². The van der Waals surface area contributed by atoms with Crippen molar-refractivity contribution in [1.29, 1.82) is 0 Å². The van der Waals surface area contributed by atoms with E-state index in [4.69, 9.17) is 15.3 Å². The highest BCUT2D eigenvalue weighted by molar-refractivity contribution is 5.89. The van der Waals surface area contributed by atoms with Crippen LogP contribution >= 0.6 is 0 Å². The van der Waals surface area contributed by atoms with Crippen molar-refractivity contribution in [1.82, 2.24) is 10.2 Å². The summed E-state index contributed by atoms with van der Waals surface area (Å²) in [6, 6.07) is 1.39. The van der Waals surface area contributed by atoms with Crippen molar-refractivity contribution in [3.63, 3.8) is 0 Å². The molecule has 1 aromatic heterocycles. The van der Waals surface area contributed by atoms with Gasteiger partial charge in [0.05, 0.1) is 11.4 Å². The Balaban J connectivity index is 0. The molecule has 0 fully saturated rings. The minimum absolute atomic E-state index is 0.255. The fourth-order valence-corrected chi connectivity index (χ4v) is 0.878. The maximum absolute atomic E-state index is 10.3. The molecule has 0 aliphatic rings. The monoisotopic (exact) mass is 284 g/mol. The van der Waals surface area contributed by atoms with Gasteiger partial charge in [-0.15, -0.1) is 0 Å². The molecule has 0 aliphatic heterocycles. The summed E-state index contributed by atoms with van der Waals surface area (Å²) in [5.74, 6) is -3.41. The Morgan fingerprint density at radius 1 is 1.15 bits per heavy atom. The van der Waals surface area contributed by atoms with E-state index in [2.05, 4.69) is 10.2 Å². The van der Waals surface area contributed by atoms with Gasteiger partial charge in [0.2, 0.25) is 5.76 Å². The number of carboxylic acids is 2. The Labute approximate surface area is 117 Å². The van der Waals surface area contributed by atoms with E-state index in [0.717, 1.165) is 12.2 Å². The lowest BCUT2D eigenvalue weighted by atomic mass is 10.3. The molecule has 0 aliphatic carbocycles. The lowest BCUT2D eigenvalue weighted by Crippen LogP contribution is -1.98. The van der Waals surface area contributed by atoms with Gasteiger partial charge in [-0.25, -0.2) is 9.59 Å². The van der Waals surface area contributed by atoms with E-state index in [1.807, 2.05) is 27.7 Å². The third-order valence-corrected chi connectivity index (χ3v) is 1.53. The molecule has 112 valence electrons. The summed E-state index contributed by atoms with van der Waals surface area (Å²) in [5.41, 5.74) is 0.566. The van der Waals surface area contributed by atoms with Crippen LogP contribution in [0.2, 0.25) is 0 Å². The zero-order valence-corrected chi connectivity index (χ0v) is 11.9. The molecule has 0 saturated carbocycles. The summed E-state index contributed by atoms with van der Waals surface area (Å²) in [6.45, 7) is 8.00. The predicted octanol–water partition coefficient (Wildman–Crippen LogP) is 2.54. The van der Waals surface area contributed by atoms with Crippen molar-refractivity contribution in [2.75, 3.05) is 0 Å². The molecule has 0 saturated heterocycles. The number of carbonyl (C=O) groups is 2. The normalized spacial score (nSPS) is 10.1. The molecule has 0 unspecified atom stereocenters. The van der Waals surface area contributed by atoms with Crippen LogP contribution in [-0.2, 0) is 9.59 Å². The topological polar surface area (TPSA) is 124 Å². The standard InChI is InChI=1S/C9H8N2O5.2C2H6/c12-7(9(15)16)4-6-3-5(10-11-6)1-2-8(13)14;2*1-2/h1-4,12H,(H,10,11)(H,13,14)(H,15,16);2*1-2H3/b2-1+,7-4-;;. The molecule has 0 bridgehead atoms. The van der Waals surface area contributed by atoms with Gasteiger partial charge < -0.3 is 15.3 Å². The third-order valence-electron chi connectivity index (χ3n) is 1.53.